The highest BCUT2D eigenvalue weighted by molar-refractivity contribution is 5.61. The van der Waals surface area contributed by atoms with Crippen LogP contribution in [-0.2, 0) is 12.8 Å². The Kier molecular flexibility index (Phi) is 6.45. The topological polar surface area (TPSA) is 3.24 Å². The molecule has 0 atom stereocenters. The number of rotatable bonds is 9. The minimum absolute atomic E-state index is 0.810. The van der Waals surface area contributed by atoms with Crippen molar-refractivity contribution in [3.63, 3.8) is 0 Å². The molecule has 100 valence electrons. The Hall–Kier alpha value is -2.02. The number of para-hydroxylation sites is 1. The van der Waals surface area contributed by atoms with E-state index < -0.39 is 0 Å². The molecule has 1 aromatic rings. The fraction of sp³-hybridized carbons (Fsp3) is 0.222. The molecule has 0 heterocycles. The lowest BCUT2D eigenvalue weighted by Crippen LogP contribution is -2.25. The van der Waals surface area contributed by atoms with Gasteiger partial charge in [0.25, 0.3) is 0 Å². The van der Waals surface area contributed by atoms with Crippen molar-refractivity contribution in [2.24, 2.45) is 0 Å². The van der Waals surface area contributed by atoms with Gasteiger partial charge in [-0.3, -0.25) is 0 Å². The van der Waals surface area contributed by atoms with E-state index in [4.69, 9.17) is 0 Å². The summed E-state index contributed by atoms with van der Waals surface area (Å²) in [6, 6.07) is 6.41. The molecule has 19 heavy (non-hydrogen) atoms. The van der Waals surface area contributed by atoms with Crippen molar-refractivity contribution >= 4 is 5.69 Å². The van der Waals surface area contributed by atoms with Crippen LogP contribution >= 0.6 is 0 Å². The van der Waals surface area contributed by atoms with Gasteiger partial charge < -0.3 is 4.90 Å². The predicted molar refractivity (Wildman–Crippen MR) is 86.9 cm³/mol. The first kappa shape index (κ1) is 15.0. The van der Waals surface area contributed by atoms with Crippen LogP contribution < -0.4 is 4.90 Å². The average molecular weight is 253 g/mol. The predicted octanol–water partition coefficient (Wildman–Crippen LogP) is 4.32. The lowest BCUT2D eigenvalue weighted by Gasteiger charge is -2.27. The molecule has 0 aliphatic rings. The zero-order valence-electron chi connectivity index (χ0n) is 11.6. The molecular weight excluding hydrogens is 230 g/mol. The van der Waals surface area contributed by atoms with Crippen molar-refractivity contribution in [2.75, 3.05) is 18.0 Å². The molecule has 1 aromatic carbocycles. The van der Waals surface area contributed by atoms with Crippen molar-refractivity contribution in [3.8, 4) is 0 Å². The molecule has 0 bridgehead atoms. The van der Waals surface area contributed by atoms with Gasteiger partial charge in [0.2, 0.25) is 0 Å². The molecule has 0 spiro atoms. The van der Waals surface area contributed by atoms with Crippen LogP contribution in [0.5, 0.6) is 0 Å². The average Bonchev–Trinajstić information content (AvgIpc) is 2.40. The summed E-state index contributed by atoms with van der Waals surface area (Å²) in [5, 5.41) is 0. The molecule has 1 heteroatoms. The largest absolute Gasteiger partial charge is 0.364 e. The molecule has 1 rings (SSSR count). The van der Waals surface area contributed by atoms with Gasteiger partial charge in [0.15, 0.2) is 0 Å². The molecule has 0 aliphatic carbocycles. The molecule has 0 radical (unpaired) electrons. The Balaban J connectivity index is 3.29. The monoisotopic (exact) mass is 253 g/mol. The second-order valence-electron chi connectivity index (χ2n) is 4.39. The molecule has 0 amide bonds. The third kappa shape index (κ3) is 3.99. The smallest absolute Gasteiger partial charge is 0.0443 e. The molecule has 0 fully saturated rings. The standard InChI is InChI=1S/C18H23N/c1-5-10-16-12-9-13-17(11-6-2)18(16)19(14-7-3)15-8-4/h5-9,12-13H,1-4,10-11,14-15H2. The number of benzene rings is 1. The van der Waals surface area contributed by atoms with Crippen LogP contribution in [0.1, 0.15) is 11.1 Å². The van der Waals surface area contributed by atoms with Crippen molar-refractivity contribution in [1.82, 2.24) is 0 Å². The van der Waals surface area contributed by atoms with Crippen LogP contribution in [0.2, 0.25) is 0 Å². The molecular formula is C18H23N. The molecule has 0 aromatic heterocycles. The van der Waals surface area contributed by atoms with E-state index in [2.05, 4.69) is 49.4 Å². The van der Waals surface area contributed by atoms with Gasteiger partial charge in [-0.05, 0) is 24.0 Å². The van der Waals surface area contributed by atoms with Gasteiger partial charge in [0.05, 0.1) is 0 Å². The van der Waals surface area contributed by atoms with Gasteiger partial charge in [-0.25, -0.2) is 0 Å². The van der Waals surface area contributed by atoms with Gasteiger partial charge in [-0.15, -0.1) is 26.3 Å². The number of hydrogen-bond donors (Lipinski definition) is 0. The zero-order valence-corrected chi connectivity index (χ0v) is 11.6. The second kappa shape index (κ2) is 8.15. The van der Waals surface area contributed by atoms with Crippen LogP contribution in [0.25, 0.3) is 0 Å². The molecule has 0 saturated heterocycles. The van der Waals surface area contributed by atoms with Crippen LogP contribution in [0.3, 0.4) is 0 Å². The molecule has 0 N–H and O–H groups in total. The van der Waals surface area contributed by atoms with Gasteiger partial charge in [-0.2, -0.15) is 0 Å². The first-order chi connectivity index (χ1) is 9.28. The Labute approximate surface area is 117 Å². The van der Waals surface area contributed by atoms with Gasteiger partial charge in [-0.1, -0.05) is 42.5 Å². The van der Waals surface area contributed by atoms with Crippen molar-refractivity contribution < 1.29 is 0 Å². The molecule has 1 nitrogen and oxygen atoms in total. The Morgan fingerprint density at radius 1 is 0.789 bits per heavy atom. The summed E-state index contributed by atoms with van der Waals surface area (Å²) in [5.41, 5.74) is 3.85. The third-order valence-electron chi connectivity index (χ3n) is 2.95. The third-order valence-corrected chi connectivity index (χ3v) is 2.95. The molecule has 0 aliphatic heterocycles. The highest BCUT2D eigenvalue weighted by Gasteiger charge is 2.12. The summed E-state index contributed by atoms with van der Waals surface area (Å²) < 4.78 is 0. The minimum Gasteiger partial charge on any atom is -0.364 e. The fourth-order valence-electron chi connectivity index (χ4n) is 2.26. The van der Waals surface area contributed by atoms with Gasteiger partial charge >= 0.3 is 0 Å². The van der Waals surface area contributed by atoms with Gasteiger partial charge in [0.1, 0.15) is 0 Å². The maximum Gasteiger partial charge on any atom is 0.0443 e. The van der Waals surface area contributed by atoms with E-state index in [0.717, 1.165) is 25.9 Å². The van der Waals surface area contributed by atoms with E-state index in [0.29, 0.717) is 0 Å². The van der Waals surface area contributed by atoms with Crippen molar-refractivity contribution in [3.05, 3.63) is 79.9 Å². The summed E-state index contributed by atoms with van der Waals surface area (Å²) >= 11 is 0. The minimum atomic E-state index is 0.810. The van der Waals surface area contributed by atoms with E-state index in [1.807, 2.05) is 24.3 Å². The summed E-state index contributed by atoms with van der Waals surface area (Å²) in [6.45, 7) is 17.0. The lowest BCUT2D eigenvalue weighted by atomic mass is 10.0. The number of allylic oxidation sites excluding steroid dienone is 2. The fourth-order valence-corrected chi connectivity index (χ4v) is 2.26. The van der Waals surface area contributed by atoms with Crippen LogP contribution in [0.15, 0.2) is 68.8 Å². The summed E-state index contributed by atoms with van der Waals surface area (Å²) in [4.78, 5) is 2.29. The second-order valence-corrected chi connectivity index (χ2v) is 4.39. The number of anilines is 1. The number of hydrogen-bond acceptors (Lipinski definition) is 1. The van der Waals surface area contributed by atoms with E-state index >= 15 is 0 Å². The summed E-state index contributed by atoms with van der Waals surface area (Å²) in [7, 11) is 0. The maximum atomic E-state index is 3.85. The first-order valence-corrected chi connectivity index (χ1v) is 6.57. The summed E-state index contributed by atoms with van der Waals surface area (Å²) in [6.07, 6.45) is 9.46. The highest BCUT2D eigenvalue weighted by atomic mass is 15.1. The van der Waals surface area contributed by atoms with Crippen molar-refractivity contribution in [2.45, 2.75) is 12.8 Å². The van der Waals surface area contributed by atoms with Crippen LogP contribution in [0, 0.1) is 0 Å². The maximum absolute atomic E-state index is 3.85. The van der Waals surface area contributed by atoms with Crippen LogP contribution in [0.4, 0.5) is 5.69 Å². The highest BCUT2D eigenvalue weighted by Crippen LogP contribution is 2.27. The Bertz CT molecular complexity index is 419. The number of nitrogens with zero attached hydrogens (tertiary/aromatic N) is 1. The summed E-state index contributed by atoms with van der Waals surface area (Å²) in [5.74, 6) is 0. The van der Waals surface area contributed by atoms with Crippen LogP contribution in [-0.4, -0.2) is 13.1 Å². The quantitative estimate of drug-likeness (QED) is 0.592. The van der Waals surface area contributed by atoms with E-state index in [1.165, 1.54) is 16.8 Å². The van der Waals surface area contributed by atoms with E-state index in [9.17, 15) is 0 Å². The normalized spacial score (nSPS) is 9.68. The van der Waals surface area contributed by atoms with E-state index in [1.54, 1.807) is 0 Å². The Morgan fingerprint density at radius 2 is 1.26 bits per heavy atom. The molecule has 0 saturated carbocycles. The lowest BCUT2D eigenvalue weighted by molar-refractivity contribution is 0.931. The van der Waals surface area contributed by atoms with Gasteiger partial charge in [0, 0.05) is 18.8 Å². The Morgan fingerprint density at radius 3 is 1.63 bits per heavy atom. The first-order valence-electron chi connectivity index (χ1n) is 6.57. The SMILES string of the molecule is C=CCc1cccc(CC=C)c1N(CC=C)CC=C. The van der Waals surface area contributed by atoms with Crippen molar-refractivity contribution in [1.29, 1.82) is 0 Å². The zero-order chi connectivity index (χ0) is 14.1. The van der Waals surface area contributed by atoms with E-state index in [-0.39, 0.29) is 0 Å². The molecule has 0 unspecified atom stereocenters.